The molecule has 0 aromatic heterocycles. The third-order valence-electron chi connectivity index (χ3n) is 6.53. The standard InChI is InChI=1S/C28H28O14/c29-14-4-1-12(2-5-14)3-6-16(30)22-17(31)9-15(10-18(22)32)41-28-26(38)25(37)24(36)21(42-28)11-40-27(39)13-7-19(33)23(35)20(34)8-13/h1-2,4-5,7-10,21,24-26,28-29,31-38H,3,6,11H2/t21-,24-,25+,26-,28-/m1/s1. The van der Waals surface area contributed by atoms with Gasteiger partial charge in [0, 0.05) is 18.6 Å². The van der Waals surface area contributed by atoms with E-state index in [0.717, 1.165) is 29.8 Å². The molecule has 1 aliphatic rings. The van der Waals surface area contributed by atoms with E-state index in [-0.39, 0.29) is 35.5 Å². The molecule has 0 saturated carbocycles. The van der Waals surface area contributed by atoms with Crippen LogP contribution < -0.4 is 4.74 Å². The Balaban J connectivity index is 1.42. The number of ether oxygens (including phenoxy) is 3. The number of carbonyl (C=O) groups excluding carboxylic acids is 2. The van der Waals surface area contributed by atoms with Crippen LogP contribution in [0.5, 0.6) is 40.2 Å². The Morgan fingerprint density at radius 3 is 1.95 bits per heavy atom. The number of esters is 1. The minimum Gasteiger partial charge on any atom is -0.508 e. The zero-order valence-electron chi connectivity index (χ0n) is 21.7. The number of hydrogen-bond acceptors (Lipinski definition) is 14. The van der Waals surface area contributed by atoms with Crippen LogP contribution in [0.25, 0.3) is 0 Å². The highest BCUT2D eigenvalue weighted by Crippen LogP contribution is 2.37. The Labute approximate surface area is 237 Å². The van der Waals surface area contributed by atoms with Crippen molar-refractivity contribution in [1.29, 1.82) is 0 Å². The molecule has 14 nitrogen and oxygen atoms in total. The molecule has 1 saturated heterocycles. The SMILES string of the molecule is O=C(OC[C@H]1O[C@@H](Oc2cc(O)c(C(=O)CCc3ccc(O)cc3)c(O)c2)[C@H](O)[C@@H](O)[C@@H]1O)c1cc(O)c(O)c(O)c1. The van der Waals surface area contributed by atoms with Crippen molar-refractivity contribution in [2.45, 2.75) is 43.5 Å². The second-order valence-electron chi connectivity index (χ2n) is 9.52. The number of phenolic OH excluding ortho intramolecular Hbond substituents is 6. The zero-order valence-corrected chi connectivity index (χ0v) is 21.7. The summed E-state index contributed by atoms with van der Waals surface area (Å²) in [6.07, 6.45) is -8.43. The van der Waals surface area contributed by atoms with Crippen molar-refractivity contribution < 1.29 is 69.8 Å². The molecule has 4 rings (SSSR count). The van der Waals surface area contributed by atoms with Gasteiger partial charge in [-0.15, -0.1) is 0 Å². The van der Waals surface area contributed by atoms with Gasteiger partial charge in [-0.3, -0.25) is 4.79 Å². The van der Waals surface area contributed by atoms with Crippen LogP contribution in [0.2, 0.25) is 0 Å². The molecule has 0 bridgehead atoms. The van der Waals surface area contributed by atoms with Crippen molar-refractivity contribution in [2.75, 3.05) is 6.61 Å². The second-order valence-corrected chi connectivity index (χ2v) is 9.52. The van der Waals surface area contributed by atoms with Gasteiger partial charge in [0.25, 0.3) is 0 Å². The minimum atomic E-state index is -1.85. The molecular formula is C28H28O14. The topological polar surface area (TPSA) is 244 Å². The van der Waals surface area contributed by atoms with Gasteiger partial charge in [0.1, 0.15) is 59.6 Å². The van der Waals surface area contributed by atoms with E-state index in [4.69, 9.17) is 14.2 Å². The number of aliphatic hydroxyl groups is 3. The van der Waals surface area contributed by atoms with E-state index in [1.807, 2.05) is 0 Å². The van der Waals surface area contributed by atoms with Gasteiger partial charge in [-0.05, 0) is 36.2 Å². The lowest BCUT2D eigenvalue weighted by atomic mass is 9.99. The number of benzene rings is 3. The van der Waals surface area contributed by atoms with Gasteiger partial charge in [0.15, 0.2) is 23.0 Å². The molecule has 0 spiro atoms. The van der Waals surface area contributed by atoms with Crippen LogP contribution in [0, 0.1) is 0 Å². The summed E-state index contributed by atoms with van der Waals surface area (Å²) >= 11 is 0. The van der Waals surface area contributed by atoms with Crippen LogP contribution in [0.3, 0.4) is 0 Å². The lowest BCUT2D eigenvalue weighted by molar-refractivity contribution is -0.277. The van der Waals surface area contributed by atoms with Crippen molar-refractivity contribution in [3.05, 3.63) is 65.2 Å². The van der Waals surface area contributed by atoms with Crippen molar-refractivity contribution in [3.63, 3.8) is 0 Å². The first-order valence-electron chi connectivity index (χ1n) is 12.5. The molecular weight excluding hydrogens is 560 g/mol. The fourth-order valence-electron chi connectivity index (χ4n) is 4.23. The van der Waals surface area contributed by atoms with E-state index in [1.165, 1.54) is 12.1 Å². The second kappa shape index (κ2) is 12.4. The average Bonchev–Trinajstić information content (AvgIpc) is 2.94. The van der Waals surface area contributed by atoms with Crippen LogP contribution in [-0.2, 0) is 15.9 Å². The Morgan fingerprint density at radius 2 is 1.36 bits per heavy atom. The summed E-state index contributed by atoms with van der Waals surface area (Å²) in [5.74, 6) is -5.62. The number of phenols is 6. The Bertz CT molecular complexity index is 1410. The number of hydrogen-bond donors (Lipinski definition) is 9. The molecule has 1 aliphatic heterocycles. The van der Waals surface area contributed by atoms with E-state index in [9.17, 15) is 55.5 Å². The maximum atomic E-state index is 12.7. The van der Waals surface area contributed by atoms with E-state index in [0.29, 0.717) is 0 Å². The van der Waals surface area contributed by atoms with Crippen molar-refractivity contribution in [2.24, 2.45) is 0 Å². The van der Waals surface area contributed by atoms with Crippen molar-refractivity contribution >= 4 is 11.8 Å². The van der Waals surface area contributed by atoms with Gasteiger partial charge in [0.2, 0.25) is 6.29 Å². The first-order chi connectivity index (χ1) is 19.8. The van der Waals surface area contributed by atoms with Gasteiger partial charge in [-0.25, -0.2) is 4.79 Å². The van der Waals surface area contributed by atoms with Crippen LogP contribution in [0.4, 0.5) is 0 Å². The van der Waals surface area contributed by atoms with Crippen molar-refractivity contribution in [3.8, 4) is 40.2 Å². The summed E-state index contributed by atoms with van der Waals surface area (Å²) in [6.45, 7) is -0.697. The molecule has 42 heavy (non-hydrogen) atoms. The predicted octanol–water partition coefficient (Wildman–Crippen LogP) is 0.779. The molecule has 0 aliphatic carbocycles. The van der Waals surface area contributed by atoms with E-state index < -0.39 is 77.8 Å². The Kier molecular flexibility index (Phi) is 8.92. The molecule has 224 valence electrons. The number of Topliss-reactive ketones (excluding diaryl/α,β-unsaturated/α-hetero) is 1. The molecule has 9 N–H and O–H groups in total. The molecule has 0 unspecified atom stereocenters. The number of aryl methyl sites for hydroxylation is 1. The van der Waals surface area contributed by atoms with Crippen molar-refractivity contribution in [1.82, 2.24) is 0 Å². The molecule has 3 aromatic carbocycles. The van der Waals surface area contributed by atoms with Crippen LogP contribution in [-0.4, -0.2) is 95.0 Å². The molecule has 1 heterocycles. The number of rotatable bonds is 9. The van der Waals surface area contributed by atoms with Gasteiger partial charge in [-0.2, -0.15) is 0 Å². The number of aliphatic hydroxyl groups excluding tert-OH is 3. The molecule has 0 amide bonds. The summed E-state index contributed by atoms with van der Waals surface area (Å²) in [5, 5.41) is 89.8. The number of aromatic hydroxyl groups is 6. The predicted molar refractivity (Wildman–Crippen MR) is 140 cm³/mol. The Hall–Kier alpha value is -4.76. The first kappa shape index (κ1) is 30.2. The fraction of sp³-hybridized carbons (Fsp3) is 0.286. The van der Waals surface area contributed by atoms with Gasteiger partial charge < -0.3 is 60.2 Å². The first-order valence-corrected chi connectivity index (χ1v) is 12.5. The van der Waals surface area contributed by atoms with Gasteiger partial charge >= 0.3 is 5.97 Å². The summed E-state index contributed by atoms with van der Waals surface area (Å²) < 4.78 is 15.9. The lowest BCUT2D eigenvalue weighted by Crippen LogP contribution is -2.60. The maximum Gasteiger partial charge on any atom is 0.338 e. The Morgan fingerprint density at radius 1 is 0.762 bits per heavy atom. The number of carbonyl (C=O) groups is 2. The van der Waals surface area contributed by atoms with Crippen LogP contribution >= 0.6 is 0 Å². The highest BCUT2D eigenvalue weighted by molar-refractivity contribution is 6.01. The third kappa shape index (κ3) is 6.58. The quantitative estimate of drug-likeness (QED) is 0.0953. The highest BCUT2D eigenvalue weighted by atomic mass is 16.7. The molecule has 1 fully saturated rings. The summed E-state index contributed by atoms with van der Waals surface area (Å²) in [4.78, 5) is 25.0. The monoisotopic (exact) mass is 588 g/mol. The normalized spacial score (nSPS) is 21.9. The molecule has 14 heteroatoms. The van der Waals surface area contributed by atoms with Gasteiger partial charge in [0.05, 0.1) is 5.56 Å². The molecule has 5 atom stereocenters. The van der Waals surface area contributed by atoms with Gasteiger partial charge in [-0.1, -0.05) is 12.1 Å². The van der Waals surface area contributed by atoms with E-state index >= 15 is 0 Å². The average molecular weight is 589 g/mol. The fourth-order valence-corrected chi connectivity index (χ4v) is 4.23. The zero-order chi connectivity index (χ0) is 30.7. The summed E-state index contributed by atoms with van der Waals surface area (Å²) in [7, 11) is 0. The molecule has 0 radical (unpaired) electrons. The van der Waals surface area contributed by atoms with Crippen LogP contribution in [0.15, 0.2) is 48.5 Å². The summed E-state index contributed by atoms with van der Waals surface area (Å²) in [5.41, 5.74) is 0.00628. The minimum absolute atomic E-state index is 0.0637. The third-order valence-corrected chi connectivity index (χ3v) is 6.53. The van der Waals surface area contributed by atoms with E-state index in [2.05, 4.69) is 0 Å². The van der Waals surface area contributed by atoms with E-state index in [1.54, 1.807) is 12.1 Å². The largest absolute Gasteiger partial charge is 0.508 e. The smallest absolute Gasteiger partial charge is 0.338 e. The summed E-state index contributed by atoms with van der Waals surface area (Å²) in [6, 6.07) is 9.75. The molecule has 3 aromatic rings. The number of ketones is 1. The maximum absolute atomic E-state index is 12.7. The van der Waals surface area contributed by atoms with Crippen LogP contribution in [0.1, 0.15) is 32.7 Å². The lowest BCUT2D eigenvalue weighted by Gasteiger charge is -2.39. The highest BCUT2D eigenvalue weighted by Gasteiger charge is 2.45.